The molecule has 7 nitrogen and oxygen atoms in total. The molecule has 1 saturated heterocycles. The van der Waals surface area contributed by atoms with Crippen LogP contribution in [0.2, 0.25) is 0 Å². The van der Waals surface area contributed by atoms with Crippen molar-refractivity contribution in [2.24, 2.45) is 0 Å². The van der Waals surface area contributed by atoms with Crippen LogP contribution >= 0.6 is 0 Å². The number of carbonyl (C=O) groups is 1. The van der Waals surface area contributed by atoms with Crippen molar-refractivity contribution >= 4 is 38.1 Å². The fourth-order valence-electron chi connectivity index (χ4n) is 4.07. The SMILES string of the molecule is CCN1CCN(c2ccc(NC(=O)CN(C)S(=O)(=O)c3ccc4ccccc4c3)cc2)CC1. The molecule has 3 aromatic carbocycles. The third-order valence-corrected chi connectivity index (χ3v) is 7.93. The van der Waals surface area contributed by atoms with Crippen molar-refractivity contribution in [3.63, 3.8) is 0 Å². The monoisotopic (exact) mass is 466 g/mol. The predicted molar refractivity (Wildman–Crippen MR) is 133 cm³/mol. The highest BCUT2D eigenvalue weighted by Crippen LogP contribution is 2.22. The molecule has 0 atom stereocenters. The summed E-state index contributed by atoms with van der Waals surface area (Å²) < 4.78 is 27.0. The van der Waals surface area contributed by atoms with E-state index in [9.17, 15) is 13.2 Å². The number of sulfonamides is 1. The second kappa shape index (κ2) is 9.91. The molecule has 0 saturated carbocycles. The number of carbonyl (C=O) groups excluding carboxylic acids is 1. The van der Waals surface area contributed by atoms with E-state index in [1.165, 1.54) is 7.05 Å². The number of nitrogens with one attached hydrogen (secondary N) is 1. The molecule has 1 aliphatic heterocycles. The van der Waals surface area contributed by atoms with Crippen molar-refractivity contribution in [3.8, 4) is 0 Å². The topological polar surface area (TPSA) is 73.0 Å². The van der Waals surface area contributed by atoms with Gasteiger partial charge in [-0.25, -0.2) is 8.42 Å². The summed E-state index contributed by atoms with van der Waals surface area (Å²) in [7, 11) is -2.36. The maximum Gasteiger partial charge on any atom is 0.243 e. The number of fused-ring (bicyclic) bond motifs is 1. The molecule has 1 aliphatic rings. The zero-order valence-corrected chi connectivity index (χ0v) is 19.9. The Morgan fingerprint density at radius 2 is 1.61 bits per heavy atom. The van der Waals surface area contributed by atoms with Gasteiger partial charge in [-0.15, -0.1) is 0 Å². The lowest BCUT2D eigenvalue weighted by molar-refractivity contribution is -0.116. The van der Waals surface area contributed by atoms with Crippen molar-refractivity contribution in [3.05, 3.63) is 66.7 Å². The van der Waals surface area contributed by atoms with E-state index in [1.807, 2.05) is 48.5 Å². The summed E-state index contributed by atoms with van der Waals surface area (Å²) in [5.74, 6) is -0.383. The molecular weight excluding hydrogens is 436 g/mol. The van der Waals surface area contributed by atoms with E-state index in [-0.39, 0.29) is 17.3 Å². The maximum atomic E-state index is 13.0. The first-order chi connectivity index (χ1) is 15.9. The minimum Gasteiger partial charge on any atom is -0.369 e. The van der Waals surface area contributed by atoms with Crippen LogP contribution in [0.25, 0.3) is 10.8 Å². The zero-order valence-electron chi connectivity index (χ0n) is 19.1. The van der Waals surface area contributed by atoms with Crippen LogP contribution in [0.3, 0.4) is 0 Å². The van der Waals surface area contributed by atoms with Crippen LogP contribution in [0.5, 0.6) is 0 Å². The molecule has 1 amide bonds. The molecule has 0 aliphatic carbocycles. The second-order valence-corrected chi connectivity index (χ2v) is 10.3. The molecule has 0 radical (unpaired) electrons. The van der Waals surface area contributed by atoms with Gasteiger partial charge in [0.15, 0.2) is 0 Å². The summed E-state index contributed by atoms with van der Waals surface area (Å²) in [5, 5.41) is 4.61. The normalized spacial score (nSPS) is 15.2. The molecule has 0 spiro atoms. The summed E-state index contributed by atoms with van der Waals surface area (Å²) in [5.41, 5.74) is 1.77. The molecule has 33 heavy (non-hydrogen) atoms. The smallest absolute Gasteiger partial charge is 0.243 e. The number of hydrogen-bond acceptors (Lipinski definition) is 5. The summed E-state index contributed by atoms with van der Waals surface area (Å²) in [6.07, 6.45) is 0. The Hall–Kier alpha value is -2.94. The Bertz CT molecular complexity index is 1220. The fourth-order valence-corrected chi connectivity index (χ4v) is 5.24. The molecule has 1 heterocycles. The highest BCUT2D eigenvalue weighted by Gasteiger charge is 2.23. The number of hydrogen-bond donors (Lipinski definition) is 1. The average molecular weight is 467 g/mol. The number of nitrogens with zero attached hydrogens (tertiary/aromatic N) is 3. The number of likely N-dealkylation sites (N-methyl/N-ethyl adjacent to an activating group) is 2. The van der Waals surface area contributed by atoms with Gasteiger partial charge < -0.3 is 15.1 Å². The summed E-state index contributed by atoms with van der Waals surface area (Å²) in [4.78, 5) is 17.5. The molecule has 8 heteroatoms. The minimum absolute atomic E-state index is 0.170. The van der Waals surface area contributed by atoms with Crippen molar-refractivity contribution in [1.82, 2.24) is 9.21 Å². The zero-order chi connectivity index (χ0) is 23.4. The quantitative estimate of drug-likeness (QED) is 0.579. The Kier molecular flexibility index (Phi) is 6.97. The third-order valence-electron chi connectivity index (χ3n) is 6.13. The predicted octanol–water partition coefficient (Wildman–Crippen LogP) is 3.24. The fraction of sp³-hybridized carbons (Fsp3) is 0.320. The number of amides is 1. The van der Waals surface area contributed by atoms with Crippen LogP contribution in [-0.4, -0.2) is 69.8 Å². The van der Waals surface area contributed by atoms with E-state index in [0.29, 0.717) is 5.69 Å². The van der Waals surface area contributed by atoms with E-state index < -0.39 is 10.0 Å². The van der Waals surface area contributed by atoms with E-state index in [0.717, 1.165) is 53.5 Å². The van der Waals surface area contributed by atoms with E-state index in [4.69, 9.17) is 0 Å². The summed E-state index contributed by atoms with van der Waals surface area (Å²) in [6.45, 7) is 7.05. The van der Waals surface area contributed by atoms with Crippen LogP contribution in [0, 0.1) is 0 Å². The largest absolute Gasteiger partial charge is 0.369 e. The maximum absolute atomic E-state index is 13.0. The minimum atomic E-state index is -3.78. The molecular formula is C25H30N4O3S. The molecule has 0 aromatic heterocycles. The third kappa shape index (κ3) is 5.35. The standard InChI is InChI=1S/C25H30N4O3S/c1-3-28-14-16-29(17-15-28)23-11-9-22(10-12-23)26-25(30)19-27(2)33(31,32)24-13-8-20-6-4-5-7-21(20)18-24/h4-13,18H,3,14-17,19H2,1-2H3,(H,26,30). The van der Waals surface area contributed by atoms with Gasteiger partial charge >= 0.3 is 0 Å². The number of rotatable bonds is 7. The van der Waals surface area contributed by atoms with Crippen LogP contribution in [0.4, 0.5) is 11.4 Å². The Labute approximate surface area is 195 Å². The van der Waals surface area contributed by atoms with Gasteiger partial charge in [0.2, 0.25) is 15.9 Å². The van der Waals surface area contributed by atoms with Gasteiger partial charge in [-0.05, 0) is 53.7 Å². The lowest BCUT2D eigenvalue weighted by atomic mass is 10.1. The Balaban J connectivity index is 1.36. The lowest BCUT2D eigenvalue weighted by Gasteiger charge is -2.35. The molecule has 0 unspecified atom stereocenters. The van der Waals surface area contributed by atoms with Crippen LogP contribution in [0.15, 0.2) is 71.6 Å². The molecule has 3 aromatic rings. The van der Waals surface area contributed by atoms with Crippen molar-refractivity contribution in [2.75, 3.05) is 56.5 Å². The number of piperazine rings is 1. The number of anilines is 2. The van der Waals surface area contributed by atoms with Gasteiger partial charge in [-0.2, -0.15) is 4.31 Å². The van der Waals surface area contributed by atoms with E-state index in [2.05, 4.69) is 22.0 Å². The first kappa shape index (κ1) is 23.2. The lowest BCUT2D eigenvalue weighted by Crippen LogP contribution is -2.46. The molecule has 1 fully saturated rings. The van der Waals surface area contributed by atoms with Gasteiger partial charge in [0.1, 0.15) is 0 Å². The molecule has 1 N–H and O–H groups in total. The second-order valence-electron chi connectivity index (χ2n) is 8.29. The van der Waals surface area contributed by atoms with Crippen molar-refractivity contribution in [1.29, 1.82) is 0 Å². The van der Waals surface area contributed by atoms with Gasteiger partial charge in [0, 0.05) is 44.6 Å². The van der Waals surface area contributed by atoms with Gasteiger partial charge in [0.05, 0.1) is 11.4 Å². The summed E-state index contributed by atoms with van der Waals surface area (Å²) in [6, 6.07) is 20.3. The van der Waals surface area contributed by atoms with Gasteiger partial charge in [-0.1, -0.05) is 37.3 Å². The highest BCUT2D eigenvalue weighted by molar-refractivity contribution is 7.89. The van der Waals surface area contributed by atoms with Crippen molar-refractivity contribution < 1.29 is 13.2 Å². The van der Waals surface area contributed by atoms with Crippen LogP contribution in [0.1, 0.15) is 6.92 Å². The first-order valence-electron chi connectivity index (χ1n) is 11.2. The first-order valence-corrected chi connectivity index (χ1v) is 12.6. The van der Waals surface area contributed by atoms with Crippen molar-refractivity contribution in [2.45, 2.75) is 11.8 Å². The van der Waals surface area contributed by atoms with Gasteiger partial charge in [-0.3, -0.25) is 4.79 Å². The average Bonchev–Trinajstić information content (AvgIpc) is 2.84. The van der Waals surface area contributed by atoms with E-state index >= 15 is 0 Å². The summed E-state index contributed by atoms with van der Waals surface area (Å²) >= 11 is 0. The Morgan fingerprint density at radius 3 is 2.27 bits per heavy atom. The van der Waals surface area contributed by atoms with E-state index in [1.54, 1.807) is 18.2 Å². The van der Waals surface area contributed by atoms with Crippen LogP contribution in [-0.2, 0) is 14.8 Å². The molecule has 174 valence electrons. The highest BCUT2D eigenvalue weighted by atomic mass is 32.2. The van der Waals surface area contributed by atoms with Crippen LogP contribution < -0.4 is 10.2 Å². The Morgan fingerprint density at radius 1 is 0.939 bits per heavy atom. The van der Waals surface area contributed by atoms with Gasteiger partial charge in [0.25, 0.3) is 0 Å². The molecule has 4 rings (SSSR count). The number of benzene rings is 3. The molecule has 0 bridgehead atoms.